The molecular weight excluding hydrogens is 442 g/mol. The summed E-state index contributed by atoms with van der Waals surface area (Å²) in [5.41, 5.74) is 2.12. The van der Waals surface area contributed by atoms with Crippen molar-refractivity contribution in [2.75, 3.05) is 31.3 Å². The molecule has 178 valence electrons. The van der Waals surface area contributed by atoms with Gasteiger partial charge in [0.15, 0.2) is 0 Å². The molecule has 0 fully saturated rings. The molecule has 3 N–H and O–H groups in total. The first kappa shape index (κ1) is 25.0. The number of carbonyl (C=O) groups excluding carboxylic acids is 2. The van der Waals surface area contributed by atoms with Crippen LogP contribution in [0.15, 0.2) is 60.8 Å². The van der Waals surface area contributed by atoms with Crippen LogP contribution in [-0.2, 0) is 0 Å². The van der Waals surface area contributed by atoms with E-state index in [9.17, 15) is 9.59 Å². The number of pyridine rings is 1. The number of terminal acetylenes is 1. The zero-order valence-electron chi connectivity index (χ0n) is 19.9. The van der Waals surface area contributed by atoms with Crippen molar-refractivity contribution in [3.05, 3.63) is 83.0 Å². The molecule has 0 radical (unpaired) electrons. The van der Waals surface area contributed by atoms with Crippen molar-refractivity contribution in [1.29, 1.82) is 5.41 Å². The van der Waals surface area contributed by atoms with Crippen LogP contribution in [0.3, 0.4) is 0 Å². The highest BCUT2D eigenvalue weighted by molar-refractivity contribution is 6.13. The van der Waals surface area contributed by atoms with Gasteiger partial charge in [-0.25, -0.2) is 4.98 Å². The predicted molar refractivity (Wildman–Crippen MR) is 137 cm³/mol. The molecule has 2 amide bonds. The number of hydrogen-bond acceptors (Lipinski definition) is 5. The maximum atomic E-state index is 13.0. The molecule has 0 aliphatic carbocycles. The quantitative estimate of drug-likeness (QED) is 0.260. The van der Waals surface area contributed by atoms with Gasteiger partial charge >= 0.3 is 0 Å². The van der Waals surface area contributed by atoms with Crippen LogP contribution in [0.1, 0.15) is 45.2 Å². The maximum Gasteiger partial charge on any atom is 0.259 e. The second-order valence-corrected chi connectivity index (χ2v) is 7.72. The molecule has 1 aromatic heterocycles. The first-order chi connectivity index (χ1) is 16.9. The Labute approximate surface area is 204 Å². The predicted octanol–water partition coefficient (Wildman–Crippen LogP) is 4.24. The molecule has 8 nitrogen and oxygen atoms in total. The number of carbonyl (C=O) groups is 2. The van der Waals surface area contributed by atoms with E-state index in [1.54, 1.807) is 54.6 Å². The summed E-state index contributed by atoms with van der Waals surface area (Å²) in [7, 11) is 3.32. The lowest BCUT2D eigenvalue weighted by atomic mass is 10.1. The van der Waals surface area contributed by atoms with Gasteiger partial charge in [-0.2, -0.15) is 0 Å². The molecule has 2 aromatic carbocycles. The molecule has 0 saturated carbocycles. The van der Waals surface area contributed by atoms with E-state index >= 15 is 0 Å². The van der Waals surface area contributed by atoms with Crippen LogP contribution in [-0.4, -0.2) is 48.2 Å². The number of benzene rings is 2. The molecule has 8 heteroatoms. The van der Waals surface area contributed by atoms with Crippen molar-refractivity contribution in [3.8, 4) is 18.1 Å². The molecule has 35 heavy (non-hydrogen) atoms. The van der Waals surface area contributed by atoms with E-state index in [-0.39, 0.29) is 11.3 Å². The Morgan fingerprint density at radius 2 is 1.77 bits per heavy atom. The second kappa shape index (κ2) is 11.5. The number of amides is 2. The number of aromatic nitrogens is 1. The monoisotopic (exact) mass is 469 g/mol. The molecule has 0 atom stereocenters. The van der Waals surface area contributed by atoms with Gasteiger partial charge in [-0.15, -0.1) is 6.42 Å². The molecule has 1 heterocycles. The zero-order chi connectivity index (χ0) is 25.4. The molecule has 3 aromatic rings. The summed E-state index contributed by atoms with van der Waals surface area (Å²) in [4.78, 5) is 32.0. The van der Waals surface area contributed by atoms with Gasteiger partial charge in [0.25, 0.3) is 11.8 Å². The van der Waals surface area contributed by atoms with E-state index in [1.165, 1.54) is 13.3 Å². The fourth-order valence-electron chi connectivity index (χ4n) is 3.39. The maximum absolute atomic E-state index is 13.0. The van der Waals surface area contributed by atoms with Gasteiger partial charge in [0.2, 0.25) is 0 Å². The van der Waals surface area contributed by atoms with Gasteiger partial charge in [-0.3, -0.25) is 15.0 Å². The van der Waals surface area contributed by atoms with Gasteiger partial charge in [-0.1, -0.05) is 31.0 Å². The van der Waals surface area contributed by atoms with Gasteiger partial charge in [-0.05, 0) is 42.8 Å². The zero-order valence-corrected chi connectivity index (χ0v) is 19.9. The lowest BCUT2D eigenvalue weighted by molar-refractivity contribution is 0.102. The third-order valence-corrected chi connectivity index (χ3v) is 5.26. The van der Waals surface area contributed by atoms with Crippen LogP contribution < -0.4 is 15.4 Å². The summed E-state index contributed by atoms with van der Waals surface area (Å²) in [5.74, 6) is 2.62. The highest BCUT2D eigenvalue weighted by Crippen LogP contribution is 2.29. The summed E-state index contributed by atoms with van der Waals surface area (Å²) in [5, 5.41) is 13.8. The number of rotatable bonds is 8. The van der Waals surface area contributed by atoms with Gasteiger partial charge in [0.1, 0.15) is 17.4 Å². The Kier molecular flexibility index (Phi) is 8.20. The summed E-state index contributed by atoms with van der Waals surface area (Å²) in [6, 6.07) is 14.9. The SMILES string of the molecule is C#Cc1ccc(NC(=O)c2cccc(OC)c2NC(=O)c2ccc(C(=N)N(C)CCC)cc2)nc1. The number of ether oxygens (including phenoxy) is 1. The summed E-state index contributed by atoms with van der Waals surface area (Å²) in [6.45, 7) is 2.82. The largest absolute Gasteiger partial charge is 0.495 e. The van der Waals surface area contributed by atoms with E-state index in [0.717, 1.165) is 13.0 Å². The van der Waals surface area contributed by atoms with Crippen LogP contribution >= 0.6 is 0 Å². The normalized spacial score (nSPS) is 10.1. The van der Waals surface area contributed by atoms with E-state index in [2.05, 4.69) is 28.5 Å². The molecule has 3 rings (SSSR count). The minimum atomic E-state index is -0.470. The van der Waals surface area contributed by atoms with Crippen molar-refractivity contribution < 1.29 is 14.3 Å². The Balaban J connectivity index is 1.81. The minimum absolute atomic E-state index is 0.208. The van der Waals surface area contributed by atoms with Crippen molar-refractivity contribution >= 4 is 29.2 Å². The van der Waals surface area contributed by atoms with Crippen LogP contribution in [0, 0.1) is 17.8 Å². The molecule has 0 spiro atoms. The molecule has 0 unspecified atom stereocenters. The summed E-state index contributed by atoms with van der Waals surface area (Å²) < 4.78 is 5.39. The standard InChI is InChI=1S/C27H27N5O3/c1-5-16-32(3)25(28)19-11-13-20(14-12-19)26(33)31-24-21(8-7-9-22(24)35-4)27(34)30-23-15-10-18(6-2)17-29-23/h2,7-15,17,28H,5,16H2,1,3-4H3,(H,31,33)(H,29,30,34). The number of hydrogen-bond donors (Lipinski definition) is 3. The van der Waals surface area contributed by atoms with Gasteiger partial charge in [0.05, 0.1) is 18.4 Å². The van der Waals surface area contributed by atoms with Gasteiger partial charge in [0, 0.05) is 36.5 Å². The number of methoxy groups -OCH3 is 1. The topological polar surface area (TPSA) is 107 Å². The van der Waals surface area contributed by atoms with Crippen LogP contribution in [0.25, 0.3) is 0 Å². The average Bonchev–Trinajstić information content (AvgIpc) is 2.88. The van der Waals surface area contributed by atoms with E-state index in [1.807, 2.05) is 11.9 Å². The third-order valence-electron chi connectivity index (χ3n) is 5.26. The Morgan fingerprint density at radius 1 is 1.06 bits per heavy atom. The number of anilines is 2. The van der Waals surface area contributed by atoms with Crippen LogP contribution in [0.4, 0.5) is 11.5 Å². The number of nitrogens with zero attached hydrogens (tertiary/aromatic N) is 2. The fraction of sp³-hybridized carbons (Fsp3) is 0.185. The molecule has 0 aliphatic heterocycles. The third kappa shape index (κ3) is 6.03. The smallest absolute Gasteiger partial charge is 0.259 e. The highest BCUT2D eigenvalue weighted by Gasteiger charge is 2.19. The number of nitrogens with one attached hydrogen (secondary N) is 3. The molecule has 0 saturated heterocycles. The van der Waals surface area contributed by atoms with Crippen molar-refractivity contribution in [1.82, 2.24) is 9.88 Å². The van der Waals surface area contributed by atoms with E-state index < -0.39 is 11.8 Å². The van der Waals surface area contributed by atoms with Crippen molar-refractivity contribution in [2.45, 2.75) is 13.3 Å². The first-order valence-electron chi connectivity index (χ1n) is 11.0. The van der Waals surface area contributed by atoms with Crippen molar-refractivity contribution in [3.63, 3.8) is 0 Å². The summed E-state index contributed by atoms with van der Waals surface area (Å²) >= 11 is 0. The Bertz CT molecular complexity index is 1260. The van der Waals surface area contributed by atoms with Crippen LogP contribution in [0.2, 0.25) is 0 Å². The van der Waals surface area contributed by atoms with E-state index in [4.69, 9.17) is 16.6 Å². The first-order valence-corrected chi connectivity index (χ1v) is 11.0. The van der Waals surface area contributed by atoms with E-state index in [0.29, 0.717) is 34.1 Å². The number of para-hydroxylation sites is 1. The average molecular weight is 470 g/mol. The minimum Gasteiger partial charge on any atom is -0.495 e. The summed E-state index contributed by atoms with van der Waals surface area (Å²) in [6.07, 6.45) is 7.75. The van der Waals surface area contributed by atoms with Crippen molar-refractivity contribution in [2.24, 2.45) is 0 Å². The molecule has 0 aliphatic rings. The van der Waals surface area contributed by atoms with Crippen LogP contribution in [0.5, 0.6) is 5.75 Å². The Hall–Kier alpha value is -4.64. The molecule has 0 bridgehead atoms. The fourth-order valence-corrected chi connectivity index (χ4v) is 3.39. The lowest BCUT2D eigenvalue weighted by Gasteiger charge is -2.19. The Morgan fingerprint density at radius 3 is 2.37 bits per heavy atom. The lowest BCUT2D eigenvalue weighted by Crippen LogP contribution is -2.27. The van der Waals surface area contributed by atoms with Gasteiger partial charge < -0.3 is 20.3 Å². The number of amidine groups is 1. The molecular formula is C27H27N5O3. The second-order valence-electron chi connectivity index (χ2n) is 7.72. The highest BCUT2D eigenvalue weighted by atomic mass is 16.5.